The fourth-order valence-corrected chi connectivity index (χ4v) is 8.89. The Morgan fingerprint density at radius 2 is 1.21 bits per heavy atom. The highest BCUT2D eigenvalue weighted by atomic mass is 16.6. The number of aromatic nitrogens is 1. The summed E-state index contributed by atoms with van der Waals surface area (Å²) in [6, 6.07) is 17.0. The maximum Gasteiger partial charge on any atom is 0.366 e. The summed E-state index contributed by atoms with van der Waals surface area (Å²) in [5.74, 6) is -1.70. The van der Waals surface area contributed by atoms with Gasteiger partial charge < -0.3 is 35.5 Å². The van der Waals surface area contributed by atoms with E-state index in [1.165, 1.54) is 17.2 Å². The third-order valence-corrected chi connectivity index (χ3v) is 11.3. The standard InChI is InChI=1S/C50H59N5O7/c1-11-60-43(56)50(44(57)61-12-2)22-21-33-24-34(48(6,7)8)25-39(42(33)62-50)53-45(58)51-35-19-17-29-13-15-31-23-32-16-14-30-18-20-36(27-38(30)41(32)54-40(31)37(29)26-35)52-46(59)55-49(9,10)28-47(3,4)5/h17-27H,11-16,28H2,1-10H3,(H2,51,53,58)(H2,52,55,59). The van der Waals surface area contributed by atoms with Gasteiger partial charge in [-0.05, 0) is 147 Å². The van der Waals surface area contributed by atoms with Gasteiger partial charge in [0.25, 0.3) is 0 Å². The van der Waals surface area contributed by atoms with Crippen LogP contribution in [0.1, 0.15) is 109 Å². The number of carbonyl (C=O) groups is 4. The Kier molecular flexibility index (Phi) is 11.8. The lowest BCUT2D eigenvalue weighted by molar-refractivity contribution is -0.174. The van der Waals surface area contributed by atoms with Gasteiger partial charge in [0.1, 0.15) is 0 Å². The van der Waals surface area contributed by atoms with E-state index in [0.717, 1.165) is 71.3 Å². The van der Waals surface area contributed by atoms with Gasteiger partial charge in [0.05, 0.1) is 30.3 Å². The average Bonchev–Trinajstić information content (AvgIpc) is 3.18. The number of aryl methyl sites for hydroxylation is 4. The number of rotatable bonds is 9. The number of hydrogen-bond acceptors (Lipinski definition) is 8. The number of nitrogens with zero attached hydrogens (tertiary/aromatic N) is 1. The van der Waals surface area contributed by atoms with Gasteiger partial charge in [-0.3, -0.25) is 0 Å². The first-order valence-electron chi connectivity index (χ1n) is 21.6. The minimum atomic E-state index is -2.19. The summed E-state index contributed by atoms with van der Waals surface area (Å²) in [6.45, 7) is 20.0. The molecule has 0 saturated carbocycles. The van der Waals surface area contributed by atoms with Crippen LogP contribution in [0.5, 0.6) is 5.75 Å². The molecular weight excluding hydrogens is 783 g/mol. The molecule has 326 valence electrons. The van der Waals surface area contributed by atoms with Crippen LogP contribution in [0.25, 0.3) is 28.6 Å². The van der Waals surface area contributed by atoms with Crippen molar-refractivity contribution in [3.05, 3.63) is 94.1 Å². The minimum absolute atomic E-state index is 0.0203. The molecule has 7 rings (SSSR count). The van der Waals surface area contributed by atoms with Crippen molar-refractivity contribution >= 4 is 47.1 Å². The molecule has 4 aromatic rings. The highest BCUT2D eigenvalue weighted by molar-refractivity contribution is 6.09. The summed E-state index contributed by atoms with van der Waals surface area (Å²) >= 11 is 0. The Labute approximate surface area is 364 Å². The van der Waals surface area contributed by atoms with Crippen LogP contribution in [0.15, 0.2) is 60.7 Å². The molecule has 0 atom stereocenters. The molecule has 3 aliphatic rings. The fraction of sp³-hybridized carbons (Fsp3) is 0.420. The van der Waals surface area contributed by atoms with E-state index in [-0.39, 0.29) is 41.5 Å². The maximum atomic E-state index is 13.9. The van der Waals surface area contributed by atoms with E-state index in [9.17, 15) is 19.2 Å². The van der Waals surface area contributed by atoms with E-state index in [2.05, 4.69) is 54.2 Å². The fourth-order valence-electron chi connectivity index (χ4n) is 8.89. The van der Waals surface area contributed by atoms with Crippen molar-refractivity contribution in [3.63, 3.8) is 0 Å². The van der Waals surface area contributed by atoms with Crippen molar-refractivity contribution in [2.75, 3.05) is 29.2 Å². The van der Waals surface area contributed by atoms with Crippen LogP contribution >= 0.6 is 0 Å². The Hall–Kier alpha value is -6.17. The van der Waals surface area contributed by atoms with Gasteiger partial charge >= 0.3 is 29.6 Å². The van der Waals surface area contributed by atoms with E-state index in [1.807, 2.05) is 71.0 Å². The summed E-state index contributed by atoms with van der Waals surface area (Å²) < 4.78 is 16.8. The normalized spacial score (nSPS) is 14.7. The Balaban J connectivity index is 1.16. The van der Waals surface area contributed by atoms with Gasteiger partial charge in [0.15, 0.2) is 5.75 Å². The molecule has 12 nitrogen and oxygen atoms in total. The van der Waals surface area contributed by atoms with Crippen LogP contribution in [-0.4, -0.2) is 53.3 Å². The molecule has 1 aromatic heterocycles. The van der Waals surface area contributed by atoms with Gasteiger partial charge in [0.2, 0.25) is 0 Å². The lowest BCUT2D eigenvalue weighted by Gasteiger charge is -2.33. The zero-order chi connectivity index (χ0) is 44.8. The predicted molar refractivity (Wildman–Crippen MR) is 244 cm³/mol. The Morgan fingerprint density at radius 1 is 0.677 bits per heavy atom. The van der Waals surface area contributed by atoms with Crippen molar-refractivity contribution in [3.8, 4) is 28.3 Å². The predicted octanol–water partition coefficient (Wildman–Crippen LogP) is 10.2. The number of urea groups is 2. The van der Waals surface area contributed by atoms with E-state index in [4.69, 9.17) is 19.2 Å². The van der Waals surface area contributed by atoms with Crippen molar-refractivity contribution in [1.29, 1.82) is 0 Å². The molecule has 3 aromatic carbocycles. The van der Waals surface area contributed by atoms with E-state index in [1.54, 1.807) is 26.0 Å². The third kappa shape index (κ3) is 9.19. The van der Waals surface area contributed by atoms with Crippen LogP contribution in [0.3, 0.4) is 0 Å². The zero-order valence-electron chi connectivity index (χ0n) is 37.6. The van der Waals surface area contributed by atoms with Gasteiger partial charge in [0, 0.05) is 33.6 Å². The molecule has 0 fully saturated rings. The lowest BCUT2D eigenvalue weighted by Crippen LogP contribution is -2.53. The first kappa shape index (κ1) is 43.9. The molecular formula is C50H59N5O7. The number of nitrogens with one attached hydrogen (secondary N) is 4. The highest BCUT2D eigenvalue weighted by Crippen LogP contribution is 2.43. The number of benzene rings is 3. The van der Waals surface area contributed by atoms with Gasteiger partial charge in [-0.25, -0.2) is 24.2 Å². The Bertz CT molecular complexity index is 2470. The van der Waals surface area contributed by atoms with Crippen LogP contribution in [-0.2, 0) is 50.2 Å². The van der Waals surface area contributed by atoms with E-state index < -0.39 is 29.1 Å². The minimum Gasteiger partial charge on any atom is -0.462 e. The summed E-state index contributed by atoms with van der Waals surface area (Å²) in [5.41, 5.74) is 8.45. The molecule has 12 heteroatoms. The number of pyridine rings is 1. The first-order chi connectivity index (χ1) is 29.2. The molecule has 0 saturated heterocycles. The summed E-state index contributed by atoms with van der Waals surface area (Å²) in [4.78, 5) is 59.0. The van der Waals surface area contributed by atoms with Crippen LogP contribution in [0, 0.1) is 5.41 Å². The zero-order valence-corrected chi connectivity index (χ0v) is 37.6. The molecule has 1 aliphatic heterocycles. The van der Waals surface area contributed by atoms with Crippen molar-refractivity contribution in [1.82, 2.24) is 10.3 Å². The second-order valence-electron chi connectivity index (χ2n) is 19.3. The molecule has 2 aliphatic carbocycles. The molecule has 62 heavy (non-hydrogen) atoms. The molecule has 0 spiro atoms. The number of fused-ring (bicyclic) bond motifs is 7. The smallest absolute Gasteiger partial charge is 0.366 e. The number of amides is 4. The Morgan fingerprint density at radius 3 is 1.73 bits per heavy atom. The van der Waals surface area contributed by atoms with Crippen molar-refractivity contribution in [2.24, 2.45) is 5.41 Å². The van der Waals surface area contributed by atoms with E-state index >= 15 is 0 Å². The maximum absolute atomic E-state index is 13.9. The largest absolute Gasteiger partial charge is 0.462 e. The quantitative estimate of drug-likeness (QED) is 0.0958. The first-order valence-corrected chi connectivity index (χ1v) is 21.6. The van der Waals surface area contributed by atoms with Crippen molar-refractivity contribution in [2.45, 2.75) is 118 Å². The SMILES string of the molecule is CCOC(=O)C1(C(=O)OCC)C=Cc2cc(C(C)(C)C)cc(NC(=O)Nc3ccc4c(c3)-c3nc5c(cc3CC4)CCc3ccc(NC(=O)NC(C)(C)CC(C)(C)C)cc3-5)c2O1. The molecule has 4 N–H and O–H groups in total. The van der Waals surface area contributed by atoms with Gasteiger partial charge in [-0.15, -0.1) is 0 Å². The van der Waals surface area contributed by atoms with Gasteiger partial charge in [-0.2, -0.15) is 0 Å². The molecule has 0 unspecified atom stereocenters. The van der Waals surface area contributed by atoms with Crippen LogP contribution in [0.4, 0.5) is 26.7 Å². The summed E-state index contributed by atoms with van der Waals surface area (Å²) in [5, 5.41) is 12.1. The monoisotopic (exact) mass is 841 g/mol. The number of anilines is 3. The van der Waals surface area contributed by atoms with E-state index in [0.29, 0.717) is 16.9 Å². The number of esters is 2. The van der Waals surface area contributed by atoms with Crippen LogP contribution < -0.4 is 26.0 Å². The molecule has 0 radical (unpaired) electrons. The second-order valence-corrected chi connectivity index (χ2v) is 19.3. The molecule has 0 bridgehead atoms. The molecule has 4 amide bonds. The number of hydrogen-bond donors (Lipinski definition) is 4. The third-order valence-electron chi connectivity index (χ3n) is 11.3. The van der Waals surface area contributed by atoms with Crippen molar-refractivity contribution < 1.29 is 33.4 Å². The average molecular weight is 842 g/mol. The molecule has 2 heterocycles. The summed E-state index contributed by atoms with van der Waals surface area (Å²) in [6.07, 6.45) is 7.22. The van der Waals surface area contributed by atoms with Gasteiger partial charge in [-0.1, -0.05) is 59.7 Å². The number of ether oxygens (including phenoxy) is 3. The topological polar surface area (TPSA) is 157 Å². The lowest BCUT2D eigenvalue weighted by atomic mass is 9.82. The van der Waals surface area contributed by atoms with Crippen LogP contribution in [0.2, 0.25) is 0 Å². The summed E-state index contributed by atoms with van der Waals surface area (Å²) in [7, 11) is 0. The highest BCUT2D eigenvalue weighted by Gasteiger charge is 2.52. The number of carbonyl (C=O) groups excluding carboxylic acids is 4. The second kappa shape index (κ2) is 16.6.